The molecule has 1 aromatic carbocycles. The molecule has 1 rings (SSSR count). The second kappa shape index (κ2) is 8.15. The normalized spacial score (nSPS) is 12.7. The average molecular weight is 249 g/mol. The van der Waals surface area contributed by atoms with Crippen molar-refractivity contribution in [3.05, 3.63) is 29.8 Å². The van der Waals surface area contributed by atoms with E-state index < -0.39 is 0 Å². The van der Waals surface area contributed by atoms with Crippen molar-refractivity contribution in [3.8, 4) is 5.75 Å². The van der Waals surface area contributed by atoms with Gasteiger partial charge >= 0.3 is 0 Å². The zero-order valence-electron chi connectivity index (χ0n) is 12.2. The Morgan fingerprint density at radius 3 is 2.17 bits per heavy atom. The van der Waals surface area contributed by atoms with E-state index in [0.29, 0.717) is 12.1 Å². The monoisotopic (exact) mass is 249 g/mol. The third-order valence-electron chi connectivity index (χ3n) is 3.29. The molecule has 0 aliphatic carbocycles. The molecule has 1 atom stereocenters. The summed E-state index contributed by atoms with van der Waals surface area (Å²) in [6, 6.07) is 8.89. The van der Waals surface area contributed by atoms with E-state index in [0.717, 1.165) is 25.1 Å². The van der Waals surface area contributed by atoms with Crippen LogP contribution in [0.3, 0.4) is 0 Å². The van der Waals surface area contributed by atoms with Gasteiger partial charge < -0.3 is 10.1 Å². The van der Waals surface area contributed by atoms with Crippen molar-refractivity contribution in [3.63, 3.8) is 0 Å². The van der Waals surface area contributed by atoms with Crippen molar-refractivity contribution in [1.29, 1.82) is 0 Å². The van der Waals surface area contributed by atoms with Crippen LogP contribution in [0.4, 0.5) is 0 Å². The maximum absolute atomic E-state index is 5.91. The smallest absolute Gasteiger partial charge is 0.119 e. The van der Waals surface area contributed by atoms with Crippen LogP contribution >= 0.6 is 0 Å². The first kappa shape index (κ1) is 15.0. The molecule has 0 aromatic heterocycles. The van der Waals surface area contributed by atoms with Crippen LogP contribution < -0.4 is 10.1 Å². The van der Waals surface area contributed by atoms with Crippen molar-refractivity contribution < 1.29 is 4.74 Å². The van der Waals surface area contributed by atoms with E-state index in [1.165, 1.54) is 12.0 Å². The lowest BCUT2D eigenvalue weighted by atomic mass is 10.1. The summed E-state index contributed by atoms with van der Waals surface area (Å²) < 4.78 is 5.91. The predicted molar refractivity (Wildman–Crippen MR) is 78.1 cm³/mol. The summed E-state index contributed by atoms with van der Waals surface area (Å²) in [6.45, 7) is 9.78. The summed E-state index contributed by atoms with van der Waals surface area (Å²) in [4.78, 5) is 0. The van der Waals surface area contributed by atoms with Gasteiger partial charge in [0.1, 0.15) is 5.75 Å². The van der Waals surface area contributed by atoms with E-state index in [1.807, 2.05) is 0 Å². The molecular formula is C16H27NO. The number of hydrogen-bond donors (Lipinski definition) is 1. The Balaban J connectivity index is 2.56. The summed E-state index contributed by atoms with van der Waals surface area (Å²) in [7, 11) is 0. The largest absolute Gasteiger partial charge is 0.490 e. The fraction of sp³-hybridized carbons (Fsp3) is 0.625. The van der Waals surface area contributed by atoms with E-state index in [2.05, 4.69) is 57.3 Å². The summed E-state index contributed by atoms with van der Waals surface area (Å²) in [5, 5.41) is 3.49. The molecule has 0 amide bonds. The molecule has 0 bridgehead atoms. The Kier molecular flexibility index (Phi) is 6.81. The minimum Gasteiger partial charge on any atom is -0.490 e. The van der Waals surface area contributed by atoms with Gasteiger partial charge in [-0.25, -0.2) is 0 Å². The van der Waals surface area contributed by atoms with Crippen LogP contribution in [0.15, 0.2) is 24.3 Å². The summed E-state index contributed by atoms with van der Waals surface area (Å²) in [5.41, 5.74) is 1.32. The topological polar surface area (TPSA) is 21.3 Å². The summed E-state index contributed by atoms with van der Waals surface area (Å²) >= 11 is 0. The van der Waals surface area contributed by atoms with Crippen LogP contribution in [0, 0.1) is 0 Å². The Labute approximate surface area is 112 Å². The van der Waals surface area contributed by atoms with E-state index >= 15 is 0 Å². The predicted octanol–water partition coefficient (Wildman–Crippen LogP) is 4.31. The first-order chi connectivity index (χ1) is 8.71. The number of nitrogens with one attached hydrogen (secondary N) is 1. The van der Waals surface area contributed by atoms with Crippen molar-refractivity contribution in [1.82, 2.24) is 5.32 Å². The molecule has 1 aromatic rings. The molecule has 0 saturated heterocycles. The van der Waals surface area contributed by atoms with Gasteiger partial charge in [0.2, 0.25) is 0 Å². The second-order valence-corrected chi connectivity index (χ2v) is 4.80. The molecule has 0 aliphatic rings. The van der Waals surface area contributed by atoms with Crippen LogP contribution in [0.2, 0.25) is 0 Å². The zero-order valence-corrected chi connectivity index (χ0v) is 12.2. The standard InChI is InChI=1S/C16H27NO/c1-5-12-17-13(4)14-8-10-16(11-9-14)18-15(6-2)7-3/h8-11,13,15,17H,5-7,12H2,1-4H3. The average Bonchev–Trinajstić information content (AvgIpc) is 2.42. The Hall–Kier alpha value is -1.02. The molecule has 0 spiro atoms. The van der Waals surface area contributed by atoms with Gasteiger partial charge in [-0.1, -0.05) is 32.9 Å². The molecular weight excluding hydrogens is 222 g/mol. The van der Waals surface area contributed by atoms with Crippen molar-refractivity contribution in [2.45, 2.75) is 59.1 Å². The molecule has 18 heavy (non-hydrogen) atoms. The van der Waals surface area contributed by atoms with Gasteiger partial charge in [0.05, 0.1) is 6.10 Å². The van der Waals surface area contributed by atoms with Gasteiger partial charge in [-0.05, 0) is 50.4 Å². The Morgan fingerprint density at radius 1 is 1.06 bits per heavy atom. The molecule has 0 fully saturated rings. The van der Waals surface area contributed by atoms with Crippen LogP contribution in [0.5, 0.6) is 5.75 Å². The van der Waals surface area contributed by atoms with Gasteiger partial charge in [-0.2, -0.15) is 0 Å². The van der Waals surface area contributed by atoms with Gasteiger partial charge in [0.15, 0.2) is 0 Å². The molecule has 102 valence electrons. The third-order valence-corrected chi connectivity index (χ3v) is 3.29. The van der Waals surface area contributed by atoms with Gasteiger partial charge in [-0.15, -0.1) is 0 Å². The van der Waals surface area contributed by atoms with Crippen molar-refractivity contribution in [2.24, 2.45) is 0 Å². The van der Waals surface area contributed by atoms with E-state index in [-0.39, 0.29) is 0 Å². The number of benzene rings is 1. The summed E-state index contributed by atoms with van der Waals surface area (Å²) in [6.07, 6.45) is 3.63. The zero-order chi connectivity index (χ0) is 13.4. The van der Waals surface area contributed by atoms with Crippen LogP contribution in [0.1, 0.15) is 58.6 Å². The number of ether oxygens (including phenoxy) is 1. The number of rotatable bonds is 8. The van der Waals surface area contributed by atoms with Crippen molar-refractivity contribution >= 4 is 0 Å². The molecule has 2 nitrogen and oxygen atoms in total. The summed E-state index contributed by atoms with van der Waals surface area (Å²) in [5.74, 6) is 0.982. The van der Waals surface area contributed by atoms with Gasteiger partial charge in [0, 0.05) is 6.04 Å². The minimum atomic E-state index is 0.339. The Morgan fingerprint density at radius 2 is 1.67 bits per heavy atom. The first-order valence-corrected chi connectivity index (χ1v) is 7.21. The molecule has 0 heterocycles. The SMILES string of the molecule is CCCNC(C)c1ccc(OC(CC)CC)cc1. The van der Waals surface area contributed by atoms with Gasteiger partial charge in [0.25, 0.3) is 0 Å². The highest BCUT2D eigenvalue weighted by Crippen LogP contribution is 2.19. The molecule has 0 radical (unpaired) electrons. The molecule has 1 unspecified atom stereocenters. The van der Waals surface area contributed by atoms with Gasteiger partial charge in [-0.3, -0.25) is 0 Å². The van der Waals surface area contributed by atoms with Crippen LogP contribution in [-0.4, -0.2) is 12.6 Å². The maximum Gasteiger partial charge on any atom is 0.119 e. The highest BCUT2D eigenvalue weighted by molar-refractivity contribution is 5.29. The fourth-order valence-corrected chi connectivity index (χ4v) is 1.96. The van der Waals surface area contributed by atoms with Crippen molar-refractivity contribution in [2.75, 3.05) is 6.54 Å². The lowest BCUT2D eigenvalue weighted by Crippen LogP contribution is -2.19. The Bertz CT molecular complexity index is 316. The third kappa shape index (κ3) is 4.69. The highest BCUT2D eigenvalue weighted by atomic mass is 16.5. The van der Waals surface area contributed by atoms with Crippen LogP contribution in [-0.2, 0) is 0 Å². The van der Waals surface area contributed by atoms with Crippen LogP contribution in [0.25, 0.3) is 0 Å². The number of hydrogen-bond acceptors (Lipinski definition) is 2. The first-order valence-electron chi connectivity index (χ1n) is 7.21. The minimum absolute atomic E-state index is 0.339. The quantitative estimate of drug-likeness (QED) is 0.741. The fourth-order valence-electron chi connectivity index (χ4n) is 1.96. The van der Waals surface area contributed by atoms with E-state index in [4.69, 9.17) is 4.74 Å². The second-order valence-electron chi connectivity index (χ2n) is 4.80. The van der Waals surface area contributed by atoms with E-state index in [9.17, 15) is 0 Å². The molecule has 0 aliphatic heterocycles. The molecule has 2 heteroatoms. The highest BCUT2D eigenvalue weighted by Gasteiger charge is 2.07. The lowest BCUT2D eigenvalue weighted by molar-refractivity contribution is 0.193. The molecule has 1 N–H and O–H groups in total. The lowest BCUT2D eigenvalue weighted by Gasteiger charge is -2.17. The van der Waals surface area contributed by atoms with E-state index in [1.54, 1.807) is 0 Å². The molecule has 0 saturated carbocycles. The maximum atomic E-state index is 5.91.